The van der Waals surface area contributed by atoms with Crippen molar-refractivity contribution in [2.24, 2.45) is 5.73 Å². The molecule has 0 bridgehead atoms. The Bertz CT molecular complexity index is 317. The van der Waals surface area contributed by atoms with Gasteiger partial charge in [0.1, 0.15) is 0 Å². The summed E-state index contributed by atoms with van der Waals surface area (Å²) in [5.41, 5.74) is 6.76. The number of likely N-dealkylation sites (tertiary alicyclic amines) is 1. The molecule has 0 saturated carbocycles. The Morgan fingerprint density at radius 1 is 1.10 bits per heavy atom. The normalized spacial score (nSPS) is 35.4. The minimum Gasteiger partial charge on any atom is -0.329 e. The summed E-state index contributed by atoms with van der Waals surface area (Å²) in [7, 11) is 2.24. The maximum Gasteiger partial charge on any atom is 0.0359 e. The molecular weight excluding hydrogens is 248 g/mol. The van der Waals surface area contributed by atoms with Gasteiger partial charge in [0.2, 0.25) is 0 Å². The Morgan fingerprint density at radius 2 is 1.70 bits per heavy atom. The molecule has 2 unspecified atom stereocenters. The van der Waals surface area contributed by atoms with Crippen LogP contribution in [-0.4, -0.2) is 78.1 Å². The van der Waals surface area contributed by atoms with Crippen molar-refractivity contribution in [1.29, 1.82) is 0 Å². The summed E-state index contributed by atoms with van der Waals surface area (Å²) < 4.78 is 0. The summed E-state index contributed by atoms with van der Waals surface area (Å²) in [5, 5.41) is 0. The molecule has 0 radical (unpaired) electrons. The summed E-state index contributed by atoms with van der Waals surface area (Å²) >= 11 is 0. The van der Waals surface area contributed by atoms with Gasteiger partial charge in [-0.15, -0.1) is 0 Å². The smallest absolute Gasteiger partial charge is 0.0359 e. The zero-order valence-corrected chi connectivity index (χ0v) is 14.2. The van der Waals surface area contributed by atoms with E-state index in [1.54, 1.807) is 0 Å². The highest BCUT2D eigenvalue weighted by Gasteiger charge is 2.42. The van der Waals surface area contributed by atoms with E-state index in [1.165, 1.54) is 45.6 Å². The van der Waals surface area contributed by atoms with Gasteiger partial charge in [-0.05, 0) is 54.1 Å². The summed E-state index contributed by atoms with van der Waals surface area (Å²) in [6.45, 7) is 16.0. The molecule has 2 saturated heterocycles. The van der Waals surface area contributed by atoms with Crippen LogP contribution >= 0.6 is 0 Å². The van der Waals surface area contributed by atoms with Crippen molar-refractivity contribution in [3.63, 3.8) is 0 Å². The van der Waals surface area contributed by atoms with Crippen LogP contribution in [0.1, 0.15) is 40.5 Å². The van der Waals surface area contributed by atoms with Gasteiger partial charge in [0.15, 0.2) is 0 Å². The first-order chi connectivity index (χ1) is 9.28. The lowest BCUT2D eigenvalue weighted by atomic mass is 9.81. The van der Waals surface area contributed by atoms with E-state index in [2.05, 4.69) is 49.4 Å². The molecule has 2 rings (SSSR count). The lowest BCUT2D eigenvalue weighted by Crippen LogP contribution is -2.66. The minimum absolute atomic E-state index is 0.246. The van der Waals surface area contributed by atoms with Crippen LogP contribution in [0.5, 0.6) is 0 Å². The standard InChI is InChI=1S/C16H34N4/c1-14-12-16(13-17,6-7-18(14)5)20-10-8-19(9-11-20)15(2,3)4/h14H,6-13,17H2,1-5H3. The van der Waals surface area contributed by atoms with E-state index < -0.39 is 0 Å². The van der Waals surface area contributed by atoms with E-state index >= 15 is 0 Å². The highest BCUT2D eigenvalue weighted by atomic mass is 15.3. The van der Waals surface area contributed by atoms with Crippen molar-refractivity contribution in [2.75, 3.05) is 46.3 Å². The predicted octanol–water partition coefficient (Wildman–Crippen LogP) is 1.21. The summed E-state index contributed by atoms with van der Waals surface area (Å²) in [6.07, 6.45) is 2.44. The van der Waals surface area contributed by atoms with E-state index in [9.17, 15) is 0 Å². The van der Waals surface area contributed by atoms with Crippen molar-refractivity contribution in [3.8, 4) is 0 Å². The minimum atomic E-state index is 0.246. The molecule has 0 aromatic rings. The van der Waals surface area contributed by atoms with Gasteiger partial charge in [-0.25, -0.2) is 0 Å². The van der Waals surface area contributed by atoms with E-state index in [0.717, 1.165) is 6.54 Å². The van der Waals surface area contributed by atoms with Crippen LogP contribution < -0.4 is 5.73 Å². The van der Waals surface area contributed by atoms with Crippen molar-refractivity contribution in [3.05, 3.63) is 0 Å². The van der Waals surface area contributed by atoms with Gasteiger partial charge >= 0.3 is 0 Å². The third-order valence-corrected chi connectivity index (χ3v) is 5.64. The Balaban J connectivity index is 2.00. The van der Waals surface area contributed by atoms with Crippen molar-refractivity contribution in [2.45, 2.75) is 57.7 Å². The topological polar surface area (TPSA) is 35.7 Å². The van der Waals surface area contributed by atoms with Crippen LogP contribution in [0, 0.1) is 0 Å². The molecular formula is C16H34N4. The molecule has 2 aliphatic rings. The quantitative estimate of drug-likeness (QED) is 0.826. The first kappa shape index (κ1) is 16.2. The van der Waals surface area contributed by atoms with Crippen LogP contribution in [-0.2, 0) is 0 Å². The van der Waals surface area contributed by atoms with E-state index in [4.69, 9.17) is 5.73 Å². The molecule has 2 N–H and O–H groups in total. The number of hydrogen-bond acceptors (Lipinski definition) is 4. The van der Waals surface area contributed by atoms with Crippen LogP contribution in [0.4, 0.5) is 0 Å². The fraction of sp³-hybridized carbons (Fsp3) is 1.00. The third kappa shape index (κ3) is 3.19. The molecule has 0 aromatic heterocycles. The lowest BCUT2D eigenvalue weighted by molar-refractivity contribution is -0.0337. The van der Waals surface area contributed by atoms with Crippen molar-refractivity contribution in [1.82, 2.24) is 14.7 Å². The molecule has 2 fully saturated rings. The van der Waals surface area contributed by atoms with Crippen LogP contribution in [0.2, 0.25) is 0 Å². The van der Waals surface area contributed by atoms with Gasteiger partial charge in [0.25, 0.3) is 0 Å². The van der Waals surface area contributed by atoms with E-state index in [0.29, 0.717) is 11.6 Å². The Labute approximate surface area is 125 Å². The van der Waals surface area contributed by atoms with Gasteiger partial charge in [0, 0.05) is 49.8 Å². The molecule has 4 nitrogen and oxygen atoms in total. The number of nitrogens with zero attached hydrogens (tertiary/aromatic N) is 3. The zero-order chi connectivity index (χ0) is 15.0. The van der Waals surface area contributed by atoms with Gasteiger partial charge in [-0.3, -0.25) is 9.80 Å². The van der Waals surface area contributed by atoms with Gasteiger partial charge in [-0.2, -0.15) is 0 Å². The highest BCUT2D eigenvalue weighted by molar-refractivity contribution is 5.00. The first-order valence-electron chi connectivity index (χ1n) is 8.19. The molecule has 118 valence electrons. The monoisotopic (exact) mass is 282 g/mol. The summed E-state index contributed by atoms with van der Waals surface area (Å²) in [4.78, 5) is 7.77. The number of hydrogen-bond donors (Lipinski definition) is 1. The fourth-order valence-corrected chi connectivity index (χ4v) is 3.87. The maximum atomic E-state index is 6.22. The second kappa shape index (κ2) is 5.91. The third-order valence-electron chi connectivity index (χ3n) is 5.64. The molecule has 2 atom stereocenters. The van der Waals surface area contributed by atoms with E-state index in [1.807, 2.05) is 0 Å². The van der Waals surface area contributed by atoms with Gasteiger partial charge < -0.3 is 10.6 Å². The second-order valence-corrected chi connectivity index (χ2v) is 7.86. The van der Waals surface area contributed by atoms with Gasteiger partial charge in [-0.1, -0.05) is 0 Å². The average molecular weight is 282 g/mol. The van der Waals surface area contributed by atoms with Gasteiger partial charge in [0.05, 0.1) is 0 Å². The van der Waals surface area contributed by atoms with Crippen LogP contribution in [0.25, 0.3) is 0 Å². The zero-order valence-electron chi connectivity index (χ0n) is 14.2. The average Bonchev–Trinajstić information content (AvgIpc) is 2.41. The molecule has 20 heavy (non-hydrogen) atoms. The largest absolute Gasteiger partial charge is 0.329 e. The second-order valence-electron chi connectivity index (χ2n) is 7.86. The summed E-state index contributed by atoms with van der Waals surface area (Å²) in [5.74, 6) is 0. The molecule has 2 aliphatic heterocycles. The lowest BCUT2D eigenvalue weighted by Gasteiger charge is -2.54. The maximum absolute atomic E-state index is 6.22. The predicted molar refractivity (Wildman–Crippen MR) is 86.0 cm³/mol. The molecule has 0 spiro atoms. The Morgan fingerprint density at radius 3 is 2.15 bits per heavy atom. The van der Waals surface area contributed by atoms with Crippen LogP contribution in [0.15, 0.2) is 0 Å². The van der Waals surface area contributed by atoms with Crippen LogP contribution in [0.3, 0.4) is 0 Å². The number of rotatable bonds is 2. The number of nitrogens with two attached hydrogens (primary N) is 1. The Kier molecular flexibility index (Phi) is 4.80. The number of piperidine rings is 1. The molecule has 0 amide bonds. The molecule has 0 aliphatic carbocycles. The van der Waals surface area contributed by atoms with E-state index in [-0.39, 0.29) is 5.54 Å². The molecule has 0 aromatic carbocycles. The SMILES string of the molecule is CC1CC(CN)(N2CCN(C(C)(C)C)CC2)CCN1C. The molecule has 2 heterocycles. The highest BCUT2D eigenvalue weighted by Crippen LogP contribution is 2.32. The van der Waals surface area contributed by atoms with Crippen molar-refractivity contribution >= 4 is 0 Å². The Hall–Kier alpha value is -0.160. The first-order valence-corrected chi connectivity index (χ1v) is 8.19. The fourth-order valence-electron chi connectivity index (χ4n) is 3.87. The van der Waals surface area contributed by atoms with Crippen molar-refractivity contribution < 1.29 is 0 Å². The summed E-state index contributed by atoms with van der Waals surface area (Å²) in [6, 6.07) is 0.646. The molecule has 4 heteroatoms. The number of piperazine rings is 1.